The van der Waals surface area contributed by atoms with Gasteiger partial charge in [-0.25, -0.2) is 9.59 Å². The largest absolute Gasteiger partial charge is 0.482 e. The molecule has 8 heteroatoms. The van der Waals surface area contributed by atoms with Crippen molar-refractivity contribution >= 4 is 35.3 Å². The van der Waals surface area contributed by atoms with Crippen molar-refractivity contribution in [1.29, 1.82) is 0 Å². The zero-order valence-corrected chi connectivity index (χ0v) is 19.1. The highest BCUT2D eigenvalue weighted by molar-refractivity contribution is 6.31. The number of halogens is 2. The van der Waals surface area contributed by atoms with Gasteiger partial charge in [0, 0.05) is 27.7 Å². The first-order valence-corrected chi connectivity index (χ1v) is 11.1. The SMILES string of the molecule is O=C(O)COc1ccc(Cl)cc1C1c2ccccc2CCN1C(=O)OCc1ccccc1Cl. The molecule has 1 aliphatic rings. The molecular weight excluding hydrogens is 465 g/mol. The van der Waals surface area contributed by atoms with E-state index in [0.29, 0.717) is 39.9 Å². The average Bonchev–Trinajstić information content (AvgIpc) is 2.81. The van der Waals surface area contributed by atoms with Gasteiger partial charge in [-0.2, -0.15) is 0 Å². The predicted molar refractivity (Wildman–Crippen MR) is 125 cm³/mol. The Labute approximate surface area is 201 Å². The van der Waals surface area contributed by atoms with Crippen LogP contribution in [0.2, 0.25) is 10.0 Å². The van der Waals surface area contributed by atoms with Gasteiger partial charge in [0.1, 0.15) is 12.4 Å². The van der Waals surface area contributed by atoms with E-state index in [1.54, 1.807) is 35.2 Å². The van der Waals surface area contributed by atoms with Gasteiger partial charge in [0.2, 0.25) is 0 Å². The zero-order chi connectivity index (χ0) is 23.4. The second-order valence-corrected chi connectivity index (χ2v) is 8.40. The Balaban J connectivity index is 1.69. The van der Waals surface area contributed by atoms with E-state index in [2.05, 4.69) is 0 Å². The molecule has 0 aliphatic carbocycles. The highest BCUT2D eigenvalue weighted by Gasteiger charge is 2.35. The van der Waals surface area contributed by atoms with Crippen LogP contribution in [0.15, 0.2) is 66.7 Å². The lowest BCUT2D eigenvalue weighted by Gasteiger charge is -2.37. The second-order valence-electron chi connectivity index (χ2n) is 7.56. The van der Waals surface area contributed by atoms with Crippen LogP contribution in [0.25, 0.3) is 0 Å². The van der Waals surface area contributed by atoms with E-state index in [-0.39, 0.29) is 6.61 Å². The number of carboxylic acid groups (broad SMARTS) is 1. The number of aliphatic carboxylic acids is 1. The number of hydrogen-bond acceptors (Lipinski definition) is 4. The first kappa shape index (κ1) is 23.0. The molecular formula is C25H21Cl2NO5. The molecule has 1 atom stereocenters. The van der Waals surface area contributed by atoms with E-state index in [9.17, 15) is 9.59 Å². The van der Waals surface area contributed by atoms with E-state index in [4.69, 9.17) is 37.8 Å². The van der Waals surface area contributed by atoms with E-state index in [1.165, 1.54) is 0 Å². The number of hydrogen-bond donors (Lipinski definition) is 1. The lowest BCUT2D eigenvalue weighted by molar-refractivity contribution is -0.139. The maximum absolute atomic E-state index is 13.2. The molecule has 1 amide bonds. The summed E-state index contributed by atoms with van der Waals surface area (Å²) in [6, 6.07) is 19.3. The minimum Gasteiger partial charge on any atom is -0.482 e. The third-order valence-corrected chi connectivity index (χ3v) is 6.05. The Morgan fingerprint density at radius 1 is 1.00 bits per heavy atom. The first-order chi connectivity index (χ1) is 15.9. The second kappa shape index (κ2) is 10.1. The number of amides is 1. The molecule has 3 aromatic carbocycles. The third kappa shape index (κ3) is 5.24. The summed E-state index contributed by atoms with van der Waals surface area (Å²) in [4.78, 5) is 25.9. The maximum atomic E-state index is 13.2. The van der Waals surface area contributed by atoms with Crippen LogP contribution in [0, 0.1) is 0 Å². The molecule has 0 bridgehead atoms. The van der Waals surface area contributed by atoms with Crippen LogP contribution in [0.5, 0.6) is 5.75 Å². The molecule has 0 saturated carbocycles. The van der Waals surface area contributed by atoms with Crippen molar-refractivity contribution < 1.29 is 24.2 Å². The molecule has 4 rings (SSSR count). The molecule has 1 heterocycles. The van der Waals surface area contributed by atoms with Crippen molar-refractivity contribution in [1.82, 2.24) is 4.90 Å². The van der Waals surface area contributed by atoms with Gasteiger partial charge in [-0.3, -0.25) is 4.90 Å². The average molecular weight is 486 g/mol. The van der Waals surface area contributed by atoms with Crippen molar-refractivity contribution in [2.24, 2.45) is 0 Å². The molecule has 6 nitrogen and oxygen atoms in total. The topological polar surface area (TPSA) is 76.1 Å². The fraction of sp³-hybridized carbons (Fsp3) is 0.200. The molecule has 0 fully saturated rings. The number of carbonyl (C=O) groups excluding carboxylic acids is 1. The van der Waals surface area contributed by atoms with E-state index in [1.807, 2.05) is 36.4 Å². The van der Waals surface area contributed by atoms with Crippen LogP contribution < -0.4 is 4.74 Å². The van der Waals surface area contributed by atoms with E-state index in [0.717, 1.165) is 11.1 Å². The van der Waals surface area contributed by atoms with Crippen LogP contribution >= 0.6 is 23.2 Å². The summed E-state index contributed by atoms with van der Waals surface area (Å²) in [5.74, 6) is -0.761. The van der Waals surface area contributed by atoms with E-state index < -0.39 is 24.7 Å². The standard InChI is InChI=1S/C25H21Cl2NO5/c26-18-9-10-22(32-15-23(29)30)20(13-18)24-19-7-3-1-5-16(19)11-12-28(24)25(31)33-14-17-6-2-4-8-21(17)27/h1-10,13,24H,11-12,14-15H2,(H,29,30). The number of rotatable bonds is 6. The van der Waals surface area contributed by atoms with Crippen LogP contribution in [0.3, 0.4) is 0 Å². The summed E-state index contributed by atoms with van der Waals surface area (Å²) >= 11 is 12.5. The highest BCUT2D eigenvalue weighted by Crippen LogP contribution is 2.40. The van der Waals surface area contributed by atoms with Crippen LogP contribution in [-0.4, -0.2) is 35.2 Å². The van der Waals surface area contributed by atoms with Crippen molar-refractivity contribution in [3.05, 3.63) is 99.0 Å². The van der Waals surface area contributed by atoms with Gasteiger partial charge in [-0.1, -0.05) is 65.7 Å². The van der Waals surface area contributed by atoms with Crippen LogP contribution in [0.1, 0.15) is 28.3 Å². The molecule has 1 aliphatic heterocycles. The number of carbonyl (C=O) groups is 2. The highest BCUT2D eigenvalue weighted by atomic mass is 35.5. The number of nitrogens with zero attached hydrogens (tertiary/aromatic N) is 1. The van der Waals surface area contributed by atoms with Gasteiger partial charge in [0.25, 0.3) is 0 Å². The van der Waals surface area contributed by atoms with E-state index >= 15 is 0 Å². The van der Waals surface area contributed by atoms with Crippen LogP contribution in [0.4, 0.5) is 4.79 Å². The summed E-state index contributed by atoms with van der Waals surface area (Å²) in [5.41, 5.74) is 3.28. The minimum atomic E-state index is -1.10. The first-order valence-electron chi connectivity index (χ1n) is 10.3. The summed E-state index contributed by atoms with van der Waals surface area (Å²) in [6.45, 7) is -0.0742. The summed E-state index contributed by atoms with van der Waals surface area (Å²) in [7, 11) is 0. The monoisotopic (exact) mass is 485 g/mol. The molecule has 0 spiro atoms. The van der Waals surface area contributed by atoms with Crippen LogP contribution in [-0.2, 0) is 22.6 Å². The normalized spacial score (nSPS) is 15.0. The molecule has 0 aromatic heterocycles. The molecule has 1 unspecified atom stereocenters. The smallest absolute Gasteiger partial charge is 0.410 e. The number of ether oxygens (including phenoxy) is 2. The summed E-state index contributed by atoms with van der Waals surface area (Å²) in [5, 5.41) is 10.0. The Hall–Kier alpha value is -3.22. The lowest BCUT2D eigenvalue weighted by atomic mass is 9.88. The molecule has 170 valence electrons. The van der Waals surface area contributed by atoms with Gasteiger partial charge in [-0.05, 0) is 41.8 Å². The fourth-order valence-corrected chi connectivity index (χ4v) is 4.31. The van der Waals surface area contributed by atoms with Crippen molar-refractivity contribution in [2.45, 2.75) is 19.1 Å². The lowest BCUT2D eigenvalue weighted by Crippen LogP contribution is -2.41. The van der Waals surface area contributed by atoms with Crippen molar-refractivity contribution in [2.75, 3.05) is 13.2 Å². The molecule has 33 heavy (non-hydrogen) atoms. The number of fused-ring (bicyclic) bond motifs is 1. The quantitative estimate of drug-likeness (QED) is 0.481. The summed E-state index contributed by atoms with van der Waals surface area (Å²) in [6.07, 6.45) is 0.137. The van der Waals surface area contributed by atoms with Gasteiger partial charge in [-0.15, -0.1) is 0 Å². The minimum absolute atomic E-state index is 0.0291. The van der Waals surface area contributed by atoms with Crippen molar-refractivity contribution in [3.8, 4) is 5.75 Å². The number of carboxylic acids is 1. The summed E-state index contributed by atoms with van der Waals surface area (Å²) < 4.78 is 11.2. The Bertz CT molecular complexity index is 1180. The number of benzene rings is 3. The zero-order valence-electron chi connectivity index (χ0n) is 17.5. The van der Waals surface area contributed by atoms with Crippen molar-refractivity contribution in [3.63, 3.8) is 0 Å². The van der Waals surface area contributed by atoms with Gasteiger partial charge in [0.05, 0.1) is 6.04 Å². The molecule has 0 saturated heterocycles. The van der Waals surface area contributed by atoms with Gasteiger partial charge < -0.3 is 14.6 Å². The third-order valence-electron chi connectivity index (χ3n) is 5.44. The molecule has 0 radical (unpaired) electrons. The van der Waals surface area contributed by atoms with Gasteiger partial charge in [0.15, 0.2) is 6.61 Å². The Morgan fingerprint density at radius 3 is 2.55 bits per heavy atom. The Kier molecular flexibility index (Phi) is 7.06. The Morgan fingerprint density at radius 2 is 1.76 bits per heavy atom. The fourth-order valence-electron chi connectivity index (χ4n) is 3.94. The maximum Gasteiger partial charge on any atom is 0.410 e. The molecule has 3 aromatic rings. The predicted octanol–water partition coefficient (Wildman–Crippen LogP) is 5.74. The van der Waals surface area contributed by atoms with Gasteiger partial charge >= 0.3 is 12.1 Å². The molecule has 1 N–H and O–H groups in total.